The molecule has 2 aromatic rings. The van der Waals surface area contributed by atoms with E-state index < -0.39 is 6.03 Å². The molecule has 1 saturated heterocycles. The molecular formula is C16H15N3O2. The van der Waals surface area contributed by atoms with Crippen molar-refractivity contribution in [2.24, 2.45) is 0 Å². The highest BCUT2D eigenvalue weighted by Crippen LogP contribution is 2.24. The number of carbonyl (C=O) groups excluding carboxylic acids is 2. The first-order chi connectivity index (χ1) is 10.1. The Bertz CT molecular complexity index is 786. The van der Waals surface area contributed by atoms with Gasteiger partial charge in [0.05, 0.1) is 0 Å². The molecular weight excluding hydrogens is 266 g/mol. The molecule has 5 nitrogen and oxygen atoms in total. The molecule has 0 unspecified atom stereocenters. The van der Waals surface area contributed by atoms with Crippen LogP contribution >= 0.6 is 0 Å². The van der Waals surface area contributed by atoms with Crippen LogP contribution in [0.25, 0.3) is 17.0 Å². The van der Waals surface area contributed by atoms with Gasteiger partial charge >= 0.3 is 6.03 Å². The number of imide groups is 1. The van der Waals surface area contributed by atoms with Gasteiger partial charge in [-0.3, -0.25) is 9.69 Å². The van der Waals surface area contributed by atoms with Crippen molar-refractivity contribution in [1.82, 2.24) is 14.8 Å². The highest BCUT2D eigenvalue weighted by Gasteiger charge is 2.30. The van der Waals surface area contributed by atoms with Gasteiger partial charge in [-0.15, -0.1) is 6.58 Å². The summed E-state index contributed by atoms with van der Waals surface area (Å²) in [4.78, 5) is 24.5. The number of allylic oxidation sites excluding steroid dienone is 1. The number of rotatable bonds is 3. The zero-order chi connectivity index (χ0) is 15.0. The van der Waals surface area contributed by atoms with Crippen LogP contribution in [0.3, 0.4) is 0 Å². The highest BCUT2D eigenvalue weighted by atomic mass is 16.2. The smallest absolute Gasteiger partial charge is 0.328 e. The second kappa shape index (κ2) is 4.94. The van der Waals surface area contributed by atoms with Gasteiger partial charge in [-0.05, 0) is 12.1 Å². The molecule has 0 radical (unpaired) electrons. The molecule has 1 N–H and O–H groups in total. The number of likely N-dealkylation sites (N-methyl/N-ethyl adjacent to an activating group) is 1. The topological polar surface area (TPSA) is 54.3 Å². The van der Waals surface area contributed by atoms with Crippen LogP contribution < -0.4 is 5.32 Å². The summed E-state index contributed by atoms with van der Waals surface area (Å²) in [5.74, 6) is -0.319. The molecule has 1 fully saturated rings. The lowest BCUT2D eigenvalue weighted by molar-refractivity contribution is -0.121. The first-order valence-corrected chi connectivity index (χ1v) is 6.61. The van der Waals surface area contributed by atoms with Crippen LogP contribution in [-0.2, 0) is 11.3 Å². The minimum atomic E-state index is -0.402. The summed E-state index contributed by atoms with van der Waals surface area (Å²) in [5, 5.41) is 3.61. The Morgan fingerprint density at radius 1 is 1.29 bits per heavy atom. The average Bonchev–Trinajstić information content (AvgIpc) is 2.94. The lowest BCUT2D eigenvalue weighted by Crippen LogP contribution is -2.25. The maximum absolute atomic E-state index is 11.9. The van der Waals surface area contributed by atoms with E-state index in [1.807, 2.05) is 36.5 Å². The number of benzene rings is 1. The minimum absolute atomic E-state index is 0.295. The number of hydrogen-bond donors (Lipinski definition) is 1. The Morgan fingerprint density at radius 2 is 2.05 bits per heavy atom. The first kappa shape index (κ1) is 13.2. The number of amides is 3. The van der Waals surface area contributed by atoms with Gasteiger partial charge in [0, 0.05) is 36.3 Å². The Balaban J connectivity index is 2.11. The molecule has 1 aromatic heterocycles. The van der Waals surface area contributed by atoms with Crippen LogP contribution in [-0.4, -0.2) is 28.5 Å². The molecule has 0 saturated carbocycles. The summed E-state index contributed by atoms with van der Waals surface area (Å²) >= 11 is 0. The van der Waals surface area contributed by atoms with Gasteiger partial charge in [0.1, 0.15) is 5.70 Å². The predicted octanol–water partition coefficient (Wildman–Crippen LogP) is 2.35. The molecule has 1 aromatic carbocycles. The Hall–Kier alpha value is -2.82. The fourth-order valence-corrected chi connectivity index (χ4v) is 2.46. The molecule has 3 amide bonds. The van der Waals surface area contributed by atoms with Crippen molar-refractivity contribution in [3.63, 3.8) is 0 Å². The van der Waals surface area contributed by atoms with E-state index in [0.29, 0.717) is 12.2 Å². The van der Waals surface area contributed by atoms with Crippen molar-refractivity contribution in [2.45, 2.75) is 6.54 Å². The number of fused-ring (bicyclic) bond motifs is 1. The molecule has 0 bridgehead atoms. The zero-order valence-corrected chi connectivity index (χ0v) is 11.7. The number of nitrogens with one attached hydrogen (secondary N) is 1. The largest absolute Gasteiger partial charge is 0.343 e. The van der Waals surface area contributed by atoms with Gasteiger partial charge in [-0.25, -0.2) is 4.79 Å². The standard InChI is InChI=1S/C16H15N3O2/c1-3-8-19-10-11(12-6-4-5-7-14(12)19)9-13-15(20)18(2)16(21)17-13/h3-7,9-10H,1,8H2,2H3,(H,17,21)/b13-9+. The SMILES string of the molecule is C=CCn1cc(/C=C2/NC(=O)N(C)C2=O)c2ccccc21. The van der Waals surface area contributed by atoms with Gasteiger partial charge < -0.3 is 9.88 Å². The number of hydrogen-bond acceptors (Lipinski definition) is 2. The number of nitrogens with zero attached hydrogens (tertiary/aromatic N) is 2. The number of urea groups is 1. The lowest BCUT2D eigenvalue weighted by atomic mass is 10.1. The van der Waals surface area contributed by atoms with E-state index in [0.717, 1.165) is 21.4 Å². The zero-order valence-electron chi connectivity index (χ0n) is 11.7. The number of aromatic nitrogens is 1. The maximum atomic E-state index is 11.9. The van der Waals surface area contributed by atoms with Crippen molar-refractivity contribution >= 4 is 28.9 Å². The first-order valence-electron chi connectivity index (χ1n) is 6.61. The summed E-state index contributed by atoms with van der Waals surface area (Å²) in [6, 6.07) is 7.52. The Labute approximate surface area is 122 Å². The molecule has 1 aliphatic heterocycles. The molecule has 0 aliphatic carbocycles. The number of para-hydroxylation sites is 1. The quantitative estimate of drug-likeness (QED) is 0.533. The second-order valence-corrected chi connectivity index (χ2v) is 4.89. The lowest BCUT2D eigenvalue weighted by Gasteiger charge is -1.99. The summed E-state index contributed by atoms with van der Waals surface area (Å²) in [6.45, 7) is 4.44. The molecule has 2 heterocycles. The predicted molar refractivity (Wildman–Crippen MR) is 81.4 cm³/mol. The van der Waals surface area contributed by atoms with E-state index in [1.54, 1.807) is 6.08 Å². The average molecular weight is 281 g/mol. The van der Waals surface area contributed by atoms with Gasteiger partial charge in [0.15, 0.2) is 0 Å². The Kier molecular flexibility index (Phi) is 3.10. The van der Waals surface area contributed by atoms with E-state index >= 15 is 0 Å². The number of carbonyl (C=O) groups is 2. The Morgan fingerprint density at radius 3 is 2.71 bits per heavy atom. The molecule has 106 valence electrons. The van der Waals surface area contributed by atoms with Gasteiger partial charge in [0.2, 0.25) is 0 Å². The molecule has 5 heteroatoms. The summed E-state index contributed by atoms with van der Waals surface area (Å²) < 4.78 is 2.06. The van der Waals surface area contributed by atoms with E-state index in [4.69, 9.17) is 0 Å². The van der Waals surface area contributed by atoms with E-state index in [9.17, 15) is 9.59 Å². The van der Waals surface area contributed by atoms with E-state index in [2.05, 4.69) is 16.5 Å². The van der Waals surface area contributed by atoms with Crippen LogP contribution in [0.15, 0.2) is 48.8 Å². The highest BCUT2D eigenvalue weighted by molar-refractivity contribution is 6.14. The van der Waals surface area contributed by atoms with E-state index in [1.165, 1.54) is 7.05 Å². The monoisotopic (exact) mass is 281 g/mol. The van der Waals surface area contributed by atoms with Gasteiger partial charge in [0.25, 0.3) is 5.91 Å². The third kappa shape index (κ3) is 2.12. The molecule has 21 heavy (non-hydrogen) atoms. The minimum Gasteiger partial charge on any atom is -0.343 e. The molecule has 0 atom stereocenters. The molecule has 1 aliphatic rings. The van der Waals surface area contributed by atoms with Crippen molar-refractivity contribution in [3.8, 4) is 0 Å². The molecule has 3 rings (SSSR count). The van der Waals surface area contributed by atoms with Crippen LogP contribution in [0, 0.1) is 0 Å². The summed E-state index contributed by atoms with van der Waals surface area (Å²) in [5.41, 5.74) is 2.25. The summed E-state index contributed by atoms with van der Waals surface area (Å²) in [6.07, 6.45) is 5.49. The second-order valence-electron chi connectivity index (χ2n) is 4.89. The van der Waals surface area contributed by atoms with Crippen LogP contribution in [0.4, 0.5) is 4.79 Å². The van der Waals surface area contributed by atoms with Crippen LogP contribution in [0.2, 0.25) is 0 Å². The van der Waals surface area contributed by atoms with Crippen molar-refractivity contribution < 1.29 is 9.59 Å². The van der Waals surface area contributed by atoms with Crippen molar-refractivity contribution in [2.75, 3.05) is 7.05 Å². The fourth-order valence-electron chi connectivity index (χ4n) is 2.46. The maximum Gasteiger partial charge on any atom is 0.328 e. The van der Waals surface area contributed by atoms with Crippen molar-refractivity contribution in [1.29, 1.82) is 0 Å². The van der Waals surface area contributed by atoms with Crippen LogP contribution in [0.1, 0.15) is 5.56 Å². The third-order valence-corrected chi connectivity index (χ3v) is 3.53. The third-order valence-electron chi connectivity index (χ3n) is 3.53. The van der Waals surface area contributed by atoms with Crippen molar-refractivity contribution in [3.05, 3.63) is 54.4 Å². The van der Waals surface area contributed by atoms with Gasteiger partial charge in [-0.1, -0.05) is 24.3 Å². The normalized spacial score (nSPS) is 16.8. The summed E-state index contributed by atoms with van der Waals surface area (Å²) in [7, 11) is 1.46. The van der Waals surface area contributed by atoms with Gasteiger partial charge in [-0.2, -0.15) is 0 Å². The van der Waals surface area contributed by atoms with E-state index in [-0.39, 0.29) is 5.91 Å². The molecule has 0 spiro atoms. The fraction of sp³-hybridized carbons (Fsp3) is 0.125. The van der Waals surface area contributed by atoms with Crippen LogP contribution in [0.5, 0.6) is 0 Å².